The van der Waals surface area contributed by atoms with Crippen LogP contribution in [-0.4, -0.2) is 19.1 Å². The number of amides is 1. The molecule has 1 N–H and O–H groups in total. The summed E-state index contributed by atoms with van der Waals surface area (Å²) in [7, 11) is 0. The van der Waals surface area contributed by atoms with Gasteiger partial charge in [-0.15, -0.1) is 0 Å². The lowest BCUT2D eigenvalue weighted by atomic mass is 10.1. The van der Waals surface area contributed by atoms with Crippen LogP contribution >= 0.6 is 15.9 Å². The van der Waals surface area contributed by atoms with Gasteiger partial charge in [-0.1, -0.05) is 28.1 Å². The second kappa shape index (κ2) is 8.27. The van der Waals surface area contributed by atoms with Crippen LogP contribution in [0.2, 0.25) is 0 Å². The third-order valence-corrected chi connectivity index (χ3v) is 3.17. The van der Waals surface area contributed by atoms with Crippen LogP contribution in [0.4, 0.5) is 0 Å². The monoisotopic (exact) mass is 313 g/mol. The molecule has 0 aliphatic carbocycles. The number of nitrogens with one attached hydrogen (secondary N) is 1. The number of carbonyl (C=O) groups is 1. The van der Waals surface area contributed by atoms with Crippen molar-refractivity contribution in [1.29, 1.82) is 0 Å². The van der Waals surface area contributed by atoms with Gasteiger partial charge in [0.25, 0.3) is 0 Å². The summed E-state index contributed by atoms with van der Waals surface area (Å²) < 4.78 is 6.24. The maximum absolute atomic E-state index is 11.7. The molecule has 1 amide bonds. The van der Waals surface area contributed by atoms with E-state index in [9.17, 15) is 4.79 Å². The summed E-state index contributed by atoms with van der Waals surface area (Å²) in [6.07, 6.45) is 1.29. The SMILES string of the molecule is CCOCCCC(=O)NC(C)c1ccc(Br)cc1. The second-order valence-corrected chi connectivity index (χ2v) is 5.06. The summed E-state index contributed by atoms with van der Waals surface area (Å²) >= 11 is 3.39. The Morgan fingerprint density at radius 2 is 2.06 bits per heavy atom. The number of ether oxygens (including phenoxy) is 1. The van der Waals surface area contributed by atoms with Gasteiger partial charge >= 0.3 is 0 Å². The van der Waals surface area contributed by atoms with Crippen LogP contribution in [0.3, 0.4) is 0 Å². The van der Waals surface area contributed by atoms with E-state index >= 15 is 0 Å². The molecule has 0 spiro atoms. The molecule has 0 saturated heterocycles. The summed E-state index contributed by atoms with van der Waals surface area (Å²) in [5.74, 6) is 0.0742. The molecule has 0 aromatic heterocycles. The van der Waals surface area contributed by atoms with E-state index < -0.39 is 0 Å². The van der Waals surface area contributed by atoms with E-state index in [0.29, 0.717) is 19.6 Å². The molecule has 0 fully saturated rings. The molecule has 18 heavy (non-hydrogen) atoms. The Balaban J connectivity index is 2.33. The fraction of sp³-hybridized carbons (Fsp3) is 0.500. The molecule has 1 aromatic carbocycles. The smallest absolute Gasteiger partial charge is 0.220 e. The number of benzene rings is 1. The van der Waals surface area contributed by atoms with Crippen LogP contribution in [0.25, 0.3) is 0 Å². The van der Waals surface area contributed by atoms with Gasteiger partial charge in [-0.3, -0.25) is 4.79 Å². The maximum atomic E-state index is 11.7. The minimum absolute atomic E-state index is 0.0395. The van der Waals surface area contributed by atoms with Crippen LogP contribution in [-0.2, 0) is 9.53 Å². The second-order valence-electron chi connectivity index (χ2n) is 4.14. The molecule has 1 rings (SSSR count). The van der Waals surface area contributed by atoms with Crippen molar-refractivity contribution < 1.29 is 9.53 Å². The lowest BCUT2D eigenvalue weighted by Gasteiger charge is -2.14. The highest BCUT2D eigenvalue weighted by molar-refractivity contribution is 9.10. The predicted molar refractivity (Wildman–Crippen MR) is 76.4 cm³/mol. The minimum Gasteiger partial charge on any atom is -0.382 e. The quantitative estimate of drug-likeness (QED) is 0.783. The molecule has 0 heterocycles. The van der Waals surface area contributed by atoms with Gasteiger partial charge in [0, 0.05) is 24.1 Å². The molecule has 0 aliphatic rings. The van der Waals surface area contributed by atoms with Gasteiger partial charge in [0.15, 0.2) is 0 Å². The van der Waals surface area contributed by atoms with Crippen molar-refractivity contribution in [3.8, 4) is 0 Å². The maximum Gasteiger partial charge on any atom is 0.220 e. The molecule has 100 valence electrons. The Morgan fingerprint density at radius 1 is 1.39 bits per heavy atom. The van der Waals surface area contributed by atoms with Gasteiger partial charge in [0.2, 0.25) is 5.91 Å². The van der Waals surface area contributed by atoms with E-state index in [1.54, 1.807) is 0 Å². The largest absolute Gasteiger partial charge is 0.382 e. The van der Waals surface area contributed by atoms with E-state index in [1.807, 2.05) is 38.1 Å². The first-order valence-corrected chi connectivity index (χ1v) is 7.05. The Labute approximate surface area is 117 Å². The van der Waals surface area contributed by atoms with Crippen molar-refractivity contribution in [2.75, 3.05) is 13.2 Å². The molecule has 0 aliphatic heterocycles. The summed E-state index contributed by atoms with van der Waals surface area (Å²) in [6, 6.07) is 8.02. The molecule has 1 atom stereocenters. The van der Waals surface area contributed by atoms with Gasteiger partial charge in [-0.2, -0.15) is 0 Å². The third kappa shape index (κ3) is 5.65. The van der Waals surface area contributed by atoms with Crippen LogP contribution in [0.5, 0.6) is 0 Å². The highest BCUT2D eigenvalue weighted by atomic mass is 79.9. The first-order valence-electron chi connectivity index (χ1n) is 6.26. The molecule has 1 unspecified atom stereocenters. The molecule has 3 nitrogen and oxygen atoms in total. The van der Waals surface area contributed by atoms with Crippen molar-refractivity contribution in [1.82, 2.24) is 5.32 Å². The predicted octanol–water partition coefficient (Wildman–Crippen LogP) is 3.44. The lowest BCUT2D eigenvalue weighted by Crippen LogP contribution is -2.26. The average molecular weight is 314 g/mol. The zero-order valence-electron chi connectivity index (χ0n) is 10.9. The number of rotatable bonds is 7. The Kier molecular flexibility index (Phi) is 6.98. The molecule has 0 bridgehead atoms. The molecule has 1 aromatic rings. The van der Waals surface area contributed by atoms with E-state index in [-0.39, 0.29) is 11.9 Å². The van der Waals surface area contributed by atoms with Gasteiger partial charge in [-0.05, 0) is 38.0 Å². The first-order chi connectivity index (χ1) is 8.63. The molecular formula is C14H20BrNO2. The molecule has 0 saturated carbocycles. The Morgan fingerprint density at radius 3 is 2.67 bits per heavy atom. The van der Waals surface area contributed by atoms with E-state index in [1.165, 1.54) is 0 Å². The van der Waals surface area contributed by atoms with Gasteiger partial charge in [0.1, 0.15) is 0 Å². The number of carbonyl (C=O) groups excluding carboxylic acids is 1. The van der Waals surface area contributed by atoms with Crippen LogP contribution in [0, 0.1) is 0 Å². The van der Waals surface area contributed by atoms with E-state index in [0.717, 1.165) is 16.5 Å². The fourth-order valence-corrected chi connectivity index (χ4v) is 1.89. The number of halogens is 1. The van der Waals surface area contributed by atoms with E-state index in [4.69, 9.17) is 4.74 Å². The standard InChI is InChI=1S/C14H20BrNO2/c1-3-18-10-4-5-14(17)16-11(2)12-6-8-13(15)9-7-12/h6-9,11H,3-5,10H2,1-2H3,(H,16,17). The number of hydrogen-bond acceptors (Lipinski definition) is 2. The van der Waals surface area contributed by atoms with Gasteiger partial charge < -0.3 is 10.1 Å². The van der Waals surface area contributed by atoms with Crippen LogP contribution in [0.15, 0.2) is 28.7 Å². The highest BCUT2D eigenvalue weighted by Crippen LogP contribution is 2.16. The first kappa shape index (κ1) is 15.2. The van der Waals surface area contributed by atoms with E-state index in [2.05, 4.69) is 21.2 Å². The van der Waals surface area contributed by atoms with Crippen molar-refractivity contribution in [2.45, 2.75) is 32.7 Å². The average Bonchev–Trinajstić information content (AvgIpc) is 2.35. The molecule has 4 heteroatoms. The van der Waals surface area contributed by atoms with Crippen molar-refractivity contribution in [3.63, 3.8) is 0 Å². The Hall–Kier alpha value is -0.870. The number of hydrogen-bond donors (Lipinski definition) is 1. The summed E-state index contributed by atoms with van der Waals surface area (Å²) in [5, 5.41) is 2.98. The van der Waals surface area contributed by atoms with Crippen LogP contribution in [0.1, 0.15) is 38.3 Å². The van der Waals surface area contributed by atoms with Crippen molar-refractivity contribution in [3.05, 3.63) is 34.3 Å². The third-order valence-electron chi connectivity index (χ3n) is 2.64. The normalized spacial score (nSPS) is 12.2. The summed E-state index contributed by atoms with van der Waals surface area (Å²) in [5.41, 5.74) is 1.11. The van der Waals surface area contributed by atoms with Crippen LogP contribution < -0.4 is 5.32 Å². The van der Waals surface area contributed by atoms with Gasteiger partial charge in [-0.25, -0.2) is 0 Å². The molecule has 0 radical (unpaired) electrons. The zero-order valence-corrected chi connectivity index (χ0v) is 12.5. The lowest BCUT2D eigenvalue weighted by molar-refractivity contribution is -0.122. The Bertz CT molecular complexity index is 365. The van der Waals surface area contributed by atoms with Gasteiger partial charge in [0.05, 0.1) is 6.04 Å². The molecular weight excluding hydrogens is 294 g/mol. The fourth-order valence-electron chi connectivity index (χ4n) is 1.63. The van der Waals surface area contributed by atoms with Crippen molar-refractivity contribution in [2.24, 2.45) is 0 Å². The zero-order chi connectivity index (χ0) is 13.4. The van der Waals surface area contributed by atoms with Crippen molar-refractivity contribution >= 4 is 21.8 Å². The summed E-state index contributed by atoms with van der Waals surface area (Å²) in [4.78, 5) is 11.7. The topological polar surface area (TPSA) is 38.3 Å². The highest BCUT2D eigenvalue weighted by Gasteiger charge is 2.08. The summed E-state index contributed by atoms with van der Waals surface area (Å²) in [6.45, 7) is 5.30. The minimum atomic E-state index is 0.0395.